The minimum absolute atomic E-state index is 0. The highest BCUT2D eigenvalue weighted by molar-refractivity contribution is 14.0. The molecule has 0 aliphatic carbocycles. The molecule has 136 valence electrons. The molecule has 0 saturated carbocycles. The van der Waals surface area contributed by atoms with Gasteiger partial charge in [0.1, 0.15) is 0 Å². The van der Waals surface area contributed by atoms with Crippen molar-refractivity contribution in [1.82, 2.24) is 15.1 Å². The summed E-state index contributed by atoms with van der Waals surface area (Å²) in [6, 6.07) is 0.590. The van der Waals surface area contributed by atoms with Gasteiger partial charge in [0, 0.05) is 39.3 Å². The van der Waals surface area contributed by atoms with Crippen LogP contribution in [0.5, 0.6) is 0 Å². The number of hydrogen-bond acceptors (Lipinski definition) is 3. The largest absolute Gasteiger partial charge is 0.383 e. The number of nitrogens with one attached hydrogen (secondary N) is 1. The summed E-state index contributed by atoms with van der Waals surface area (Å²) in [7, 11) is 1.78. The predicted octanol–water partition coefficient (Wildman–Crippen LogP) is 2.41. The van der Waals surface area contributed by atoms with Crippen LogP contribution < -0.4 is 5.32 Å². The van der Waals surface area contributed by atoms with Gasteiger partial charge in [-0.05, 0) is 45.1 Å². The van der Waals surface area contributed by atoms with Crippen molar-refractivity contribution in [2.45, 2.75) is 45.6 Å². The lowest BCUT2D eigenvalue weighted by molar-refractivity contribution is 0.142. The maximum absolute atomic E-state index is 5.22. The summed E-state index contributed by atoms with van der Waals surface area (Å²) >= 11 is 0. The van der Waals surface area contributed by atoms with Crippen LogP contribution in [0.15, 0.2) is 4.99 Å². The van der Waals surface area contributed by atoms with Crippen molar-refractivity contribution in [2.75, 3.05) is 53.0 Å². The first-order valence-electron chi connectivity index (χ1n) is 9.00. The van der Waals surface area contributed by atoms with E-state index in [4.69, 9.17) is 9.73 Å². The maximum Gasteiger partial charge on any atom is 0.193 e. The van der Waals surface area contributed by atoms with Crippen LogP contribution in [0.2, 0.25) is 0 Å². The summed E-state index contributed by atoms with van der Waals surface area (Å²) in [4.78, 5) is 9.93. The number of hydrogen-bond donors (Lipinski definition) is 1. The summed E-state index contributed by atoms with van der Waals surface area (Å²) in [6.07, 6.45) is 5.13. The molecule has 0 bridgehead atoms. The van der Waals surface area contributed by atoms with E-state index >= 15 is 0 Å². The van der Waals surface area contributed by atoms with Gasteiger partial charge in [-0.2, -0.15) is 0 Å². The summed E-state index contributed by atoms with van der Waals surface area (Å²) in [6.45, 7) is 11.7. The topological polar surface area (TPSA) is 40.1 Å². The maximum atomic E-state index is 5.22. The minimum Gasteiger partial charge on any atom is -0.383 e. The second-order valence-corrected chi connectivity index (χ2v) is 6.69. The Kier molecular flexibility index (Phi) is 10.5. The van der Waals surface area contributed by atoms with Crippen LogP contribution in [0.1, 0.15) is 39.5 Å². The SMILES string of the molecule is CCNC(=NCC1CCCN1CCOC)N1CCC(C)CC1.I. The first kappa shape index (κ1) is 21.0. The quantitative estimate of drug-likeness (QED) is 0.393. The Morgan fingerprint density at radius 3 is 2.61 bits per heavy atom. The van der Waals surface area contributed by atoms with Crippen molar-refractivity contribution >= 4 is 29.9 Å². The molecule has 0 aromatic heterocycles. The highest BCUT2D eigenvalue weighted by Gasteiger charge is 2.24. The predicted molar refractivity (Wildman–Crippen MR) is 108 cm³/mol. The number of aliphatic imine (C=N–C) groups is 1. The molecule has 2 saturated heterocycles. The fourth-order valence-electron chi connectivity index (χ4n) is 3.44. The number of likely N-dealkylation sites (tertiary alicyclic amines) is 2. The molecule has 1 N–H and O–H groups in total. The molecule has 2 rings (SSSR count). The first-order valence-corrected chi connectivity index (χ1v) is 9.00. The third-order valence-corrected chi connectivity index (χ3v) is 4.95. The number of guanidine groups is 1. The van der Waals surface area contributed by atoms with Crippen LogP contribution in [0.3, 0.4) is 0 Å². The highest BCUT2D eigenvalue weighted by atomic mass is 127. The zero-order valence-corrected chi connectivity index (χ0v) is 17.4. The monoisotopic (exact) mass is 438 g/mol. The molecule has 6 heteroatoms. The molecule has 0 amide bonds. The smallest absolute Gasteiger partial charge is 0.193 e. The molecule has 1 unspecified atom stereocenters. The zero-order valence-electron chi connectivity index (χ0n) is 15.1. The summed E-state index contributed by atoms with van der Waals surface area (Å²) in [5, 5.41) is 3.48. The summed E-state index contributed by atoms with van der Waals surface area (Å²) in [5.74, 6) is 1.98. The van der Waals surface area contributed by atoms with Crippen molar-refractivity contribution in [3.05, 3.63) is 0 Å². The normalized spacial score (nSPS) is 23.9. The van der Waals surface area contributed by atoms with Crippen LogP contribution in [0, 0.1) is 5.92 Å². The van der Waals surface area contributed by atoms with E-state index in [1.165, 1.54) is 32.2 Å². The lowest BCUT2D eigenvalue weighted by Crippen LogP contribution is -2.46. The van der Waals surface area contributed by atoms with Crippen molar-refractivity contribution in [3.8, 4) is 0 Å². The third kappa shape index (κ3) is 6.74. The van der Waals surface area contributed by atoms with Crippen molar-refractivity contribution in [1.29, 1.82) is 0 Å². The molecule has 2 aliphatic rings. The van der Waals surface area contributed by atoms with Crippen LogP contribution >= 0.6 is 24.0 Å². The Balaban J connectivity index is 0.00000264. The average molecular weight is 438 g/mol. The van der Waals surface area contributed by atoms with Crippen molar-refractivity contribution < 1.29 is 4.74 Å². The molecule has 0 spiro atoms. The number of rotatable bonds is 6. The fourth-order valence-corrected chi connectivity index (χ4v) is 3.44. The van der Waals surface area contributed by atoms with E-state index in [9.17, 15) is 0 Å². The Morgan fingerprint density at radius 1 is 1.22 bits per heavy atom. The fraction of sp³-hybridized carbons (Fsp3) is 0.941. The lowest BCUT2D eigenvalue weighted by Gasteiger charge is -2.33. The number of piperidine rings is 1. The Morgan fingerprint density at radius 2 is 1.96 bits per heavy atom. The van der Waals surface area contributed by atoms with Gasteiger partial charge in [0.15, 0.2) is 5.96 Å². The van der Waals surface area contributed by atoms with E-state index in [0.29, 0.717) is 6.04 Å². The van der Waals surface area contributed by atoms with E-state index in [2.05, 4.69) is 29.0 Å². The van der Waals surface area contributed by atoms with E-state index in [1.54, 1.807) is 7.11 Å². The highest BCUT2D eigenvalue weighted by Crippen LogP contribution is 2.18. The number of methoxy groups -OCH3 is 1. The molecule has 2 fully saturated rings. The Labute approximate surface area is 159 Å². The molecule has 1 atom stereocenters. The van der Waals surface area contributed by atoms with Crippen molar-refractivity contribution in [3.63, 3.8) is 0 Å². The van der Waals surface area contributed by atoms with E-state index < -0.39 is 0 Å². The summed E-state index contributed by atoms with van der Waals surface area (Å²) < 4.78 is 5.22. The average Bonchev–Trinajstić information content (AvgIpc) is 2.97. The summed E-state index contributed by atoms with van der Waals surface area (Å²) in [5.41, 5.74) is 0. The molecule has 2 aliphatic heterocycles. The molecule has 2 heterocycles. The van der Waals surface area contributed by atoms with E-state index in [0.717, 1.165) is 51.2 Å². The second kappa shape index (κ2) is 11.5. The lowest BCUT2D eigenvalue weighted by atomic mass is 10.00. The molecular weight excluding hydrogens is 403 g/mol. The Hall–Kier alpha value is -0.0800. The first-order chi connectivity index (χ1) is 10.7. The molecule has 23 heavy (non-hydrogen) atoms. The van der Waals surface area contributed by atoms with Gasteiger partial charge in [-0.25, -0.2) is 0 Å². The van der Waals surface area contributed by atoms with Gasteiger partial charge in [0.05, 0.1) is 13.2 Å². The van der Waals surface area contributed by atoms with Crippen LogP contribution in [0.25, 0.3) is 0 Å². The van der Waals surface area contributed by atoms with Gasteiger partial charge in [-0.1, -0.05) is 6.92 Å². The van der Waals surface area contributed by atoms with Gasteiger partial charge < -0.3 is 15.0 Å². The molecule has 0 aromatic carbocycles. The molecule has 0 radical (unpaired) electrons. The minimum atomic E-state index is 0. The molecule has 5 nitrogen and oxygen atoms in total. The second-order valence-electron chi connectivity index (χ2n) is 6.69. The number of ether oxygens (including phenoxy) is 1. The van der Waals surface area contributed by atoms with Gasteiger partial charge in [-0.15, -0.1) is 24.0 Å². The molecular formula is C17H35IN4O. The van der Waals surface area contributed by atoms with Crippen molar-refractivity contribution in [2.24, 2.45) is 10.9 Å². The van der Waals surface area contributed by atoms with Gasteiger partial charge >= 0.3 is 0 Å². The standard InChI is InChI=1S/C17H34N4O.HI/c1-4-18-17(21-10-7-15(2)8-11-21)19-14-16-6-5-9-20(16)12-13-22-3;/h15-16H,4-14H2,1-3H3,(H,18,19);1H. The number of nitrogens with zero attached hydrogens (tertiary/aromatic N) is 3. The van der Waals surface area contributed by atoms with Crippen LogP contribution in [-0.2, 0) is 4.74 Å². The third-order valence-electron chi connectivity index (χ3n) is 4.95. The van der Waals surface area contributed by atoms with E-state index in [-0.39, 0.29) is 24.0 Å². The van der Waals surface area contributed by atoms with Crippen LogP contribution in [0.4, 0.5) is 0 Å². The van der Waals surface area contributed by atoms with Crippen LogP contribution in [-0.4, -0.2) is 74.8 Å². The van der Waals surface area contributed by atoms with Gasteiger partial charge in [0.2, 0.25) is 0 Å². The zero-order chi connectivity index (χ0) is 15.8. The van der Waals surface area contributed by atoms with E-state index in [1.807, 2.05) is 0 Å². The Bertz CT molecular complexity index is 345. The van der Waals surface area contributed by atoms with Gasteiger partial charge in [-0.3, -0.25) is 9.89 Å². The van der Waals surface area contributed by atoms with Gasteiger partial charge in [0.25, 0.3) is 0 Å². The number of halogens is 1. The molecule has 0 aromatic rings.